The second kappa shape index (κ2) is 8.74. The predicted octanol–water partition coefficient (Wildman–Crippen LogP) is 0.879. The van der Waals surface area contributed by atoms with Crippen molar-refractivity contribution in [3.8, 4) is 0 Å². The van der Waals surface area contributed by atoms with E-state index in [4.69, 9.17) is 5.11 Å². The lowest BCUT2D eigenvalue weighted by molar-refractivity contribution is -0.139. The molecule has 18 heavy (non-hydrogen) atoms. The van der Waals surface area contributed by atoms with Gasteiger partial charge in [0.25, 0.3) is 0 Å². The molecule has 6 heteroatoms. The number of carboxylic acid groups (broad SMARTS) is 1. The molecule has 3 N–H and O–H groups in total. The maximum absolute atomic E-state index is 11.4. The molecule has 0 aromatic rings. The Morgan fingerprint density at radius 3 is 2.39 bits per heavy atom. The van der Waals surface area contributed by atoms with E-state index >= 15 is 0 Å². The van der Waals surface area contributed by atoms with Crippen LogP contribution in [0.5, 0.6) is 0 Å². The number of rotatable bonds is 8. The molecule has 0 radical (unpaired) electrons. The van der Waals surface area contributed by atoms with E-state index in [1.54, 1.807) is 6.92 Å². The molecular weight excluding hydrogens is 234 g/mol. The van der Waals surface area contributed by atoms with Crippen LogP contribution in [-0.4, -0.2) is 54.2 Å². The van der Waals surface area contributed by atoms with Crippen LogP contribution in [0.15, 0.2) is 0 Å². The van der Waals surface area contributed by atoms with E-state index in [1.807, 2.05) is 7.05 Å². The first-order valence-corrected chi connectivity index (χ1v) is 6.35. The summed E-state index contributed by atoms with van der Waals surface area (Å²) in [6, 6.07) is -0.755. The summed E-state index contributed by atoms with van der Waals surface area (Å²) in [5, 5.41) is 13.8. The van der Waals surface area contributed by atoms with Gasteiger partial charge in [0.15, 0.2) is 0 Å². The second-order valence-corrected chi connectivity index (χ2v) is 4.63. The molecule has 0 rings (SSSR count). The summed E-state index contributed by atoms with van der Waals surface area (Å²) in [6.45, 7) is 7.38. The Morgan fingerprint density at radius 2 is 1.94 bits per heavy atom. The number of nitrogens with one attached hydrogen (secondary N) is 2. The van der Waals surface area contributed by atoms with Crippen LogP contribution in [0.3, 0.4) is 0 Å². The number of aliphatic carboxylic acids is 1. The minimum absolute atomic E-state index is 0.374. The Balaban J connectivity index is 3.74. The molecule has 0 heterocycles. The lowest BCUT2D eigenvalue weighted by Gasteiger charge is -2.20. The van der Waals surface area contributed by atoms with Gasteiger partial charge in [0, 0.05) is 12.6 Å². The lowest BCUT2D eigenvalue weighted by Crippen LogP contribution is -2.46. The van der Waals surface area contributed by atoms with Crippen molar-refractivity contribution in [3.63, 3.8) is 0 Å². The standard InChI is InChI=1S/C12H25N3O3/c1-5-10(11(16)17)14-12(18)13-7-6-8-15(4)9(2)3/h9-10H,5-8H2,1-4H3,(H,16,17)(H2,13,14,18)/t10-/m0/s1. The molecule has 0 aliphatic heterocycles. The molecule has 106 valence electrons. The number of carboxylic acids is 1. The van der Waals surface area contributed by atoms with Gasteiger partial charge < -0.3 is 20.6 Å². The predicted molar refractivity (Wildman–Crippen MR) is 70.6 cm³/mol. The molecule has 6 nitrogen and oxygen atoms in total. The van der Waals surface area contributed by atoms with Crippen LogP contribution in [0, 0.1) is 0 Å². The van der Waals surface area contributed by atoms with Gasteiger partial charge in [-0.25, -0.2) is 9.59 Å². The van der Waals surface area contributed by atoms with Crippen molar-refractivity contribution in [2.24, 2.45) is 0 Å². The lowest BCUT2D eigenvalue weighted by atomic mass is 10.2. The highest BCUT2D eigenvalue weighted by Gasteiger charge is 2.16. The molecule has 0 fully saturated rings. The van der Waals surface area contributed by atoms with Crippen LogP contribution in [0.2, 0.25) is 0 Å². The van der Waals surface area contributed by atoms with E-state index in [2.05, 4.69) is 29.4 Å². The fourth-order valence-electron chi connectivity index (χ4n) is 1.34. The Bertz CT molecular complexity index is 269. The second-order valence-electron chi connectivity index (χ2n) is 4.63. The first-order chi connectivity index (χ1) is 8.38. The van der Waals surface area contributed by atoms with Gasteiger partial charge >= 0.3 is 12.0 Å². The molecule has 0 aliphatic rings. The van der Waals surface area contributed by atoms with Crippen LogP contribution in [0.4, 0.5) is 4.79 Å². The smallest absolute Gasteiger partial charge is 0.326 e. The van der Waals surface area contributed by atoms with Crippen molar-refractivity contribution < 1.29 is 14.7 Å². The van der Waals surface area contributed by atoms with E-state index < -0.39 is 18.0 Å². The molecule has 0 saturated carbocycles. The first kappa shape index (κ1) is 16.7. The Labute approximate surface area is 109 Å². The largest absolute Gasteiger partial charge is 0.480 e. The van der Waals surface area contributed by atoms with Crippen LogP contribution >= 0.6 is 0 Å². The van der Waals surface area contributed by atoms with Crippen LogP contribution < -0.4 is 10.6 Å². The Kier molecular flexibility index (Phi) is 8.11. The maximum Gasteiger partial charge on any atom is 0.326 e. The molecule has 2 amide bonds. The molecule has 0 aliphatic carbocycles. The van der Waals surface area contributed by atoms with E-state index in [-0.39, 0.29) is 0 Å². The molecular formula is C12H25N3O3. The highest BCUT2D eigenvalue weighted by atomic mass is 16.4. The van der Waals surface area contributed by atoms with Crippen molar-refractivity contribution in [2.45, 2.75) is 45.7 Å². The molecule has 0 bridgehead atoms. The van der Waals surface area contributed by atoms with Crippen LogP contribution in [-0.2, 0) is 4.79 Å². The number of hydrogen-bond acceptors (Lipinski definition) is 3. The molecule has 0 aromatic carbocycles. The van der Waals surface area contributed by atoms with E-state index in [1.165, 1.54) is 0 Å². The van der Waals surface area contributed by atoms with Crippen molar-refractivity contribution in [1.29, 1.82) is 0 Å². The first-order valence-electron chi connectivity index (χ1n) is 6.35. The van der Waals surface area contributed by atoms with Gasteiger partial charge in [0.1, 0.15) is 6.04 Å². The molecule has 0 aromatic heterocycles. The van der Waals surface area contributed by atoms with E-state index in [0.717, 1.165) is 13.0 Å². The van der Waals surface area contributed by atoms with Gasteiger partial charge in [-0.3, -0.25) is 0 Å². The topological polar surface area (TPSA) is 81.7 Å². The van der Waals surface area contributed by atoms with Gasteiger partial charge in [-0.15, -0.1) is 0 Å². The molecule has 0 unspecified atom stereocenters. The number of hydrogen-bond donors (Lipinski definition) is 3. The van der Waals surface area contributed by atoms with Gasteiger partial charge in [-0.2, -0.15) is 0 Å². The number of carbonyl (C=O) groups excluding carboxylic acids is 1. The summed E-state index contributed by atoms with van der Waals surface area (Å²) in [7, 11) is 2.03. The number of nitrogens with zero attached hydrogens (tertiary/aromatic N) is 1. The quantitative estimate of drug-likeness (QED) is 0.565. The van der Waals surface area contributed by atoms with Gasteiger partial charge in [0.2, 0.25) is 0 Å². The molecule has 1 atom stereocenters. The molecule has 0 spiro atoms. The number of urea groups is 1. The average molecular weight is 259 g/mol. The third-order valence-corrected chi connectivity index (χ3v) is 2.87. The normalized spacial score (nSPS) is 12.6. The van der Waals surface area contributed by atoms with Gasteiger partial charge in [0.05, 0.1) is 0 Å². The number of carbonyl (C=O) groups is 2. The van der Waals surface area contributed by atoms with Crippen molar-refractivity contribution >= 4 is 12.0 Å². The average Bonchev–Trinajstić information content (AvgIpc) is 2.30. The van der Waals surface area contributed by atoms with Crippen molar-refractivity contribution in [1.82, 2.24) is 15.5 Å². The zero-order chi connectivity index (χ0) is 14.1. The van der Waals surface area contributed by atoms with E-state index in [9.17, 15) is 9.59 Å². The monoisotopic (exact) mass is 259 g/mol. The zero-order valence-corrected chi connectivity index (χ0v) is 11.7. The minimum Gasteiger partial charge on any atom is -0.480 e. The Morgan fingerprint density at radius 1 is 1.33 bits per heavy atom. The van der Waals surface area contributed by atoms with Gasteiger partial charge in [-0.05, 0) is 40.3 Å². The van der Waals surface area contributed by atoms with Crippen LogP contribution in [0.25, 0.3) is 0 Å². The summed E-state index contributed by atoms with van der Waals surface area (Å²) in [5.74, 6) is -1.01. The fourth-order valence-corrected chi connectivity index (χ4v) is 1.34. The van der Waals surface area contributed by atoms with Gasteiger partial charge in [-0.1, -0.05) is 6.92 Å². The highest BCUT2D eigenvalue weighted by Crippen LogP contribution is 1.94. The SMILES string of the molecule is CC[C@H](NC(=O)NCCCN(C)C(C)C)C(=O)O. The summed E-state index contributed by atoms with van der Waals surface area (Å²) in [6.07, 6.45) is 1.21. The summed E-state index contributed by atoms with van der Waals surface area (Å²) < 4.78 is 0. The number of amides is 2. The highest BCUT2D eigenvalue weighted by molar-refractivity contribution is 5.82. The van der Waals surface area contributed by atoms with E-state index in [0.29, 0.717) is 19.0 Å². The Hall–Kier alpha value is -1.30. The third kappa shape index (κ3) is 7.11. The molecule has 0 saturated heterocycles. The fraction of sp³-hybridized carbons (Fsp3) is 0.833. The van der Waals surface area contributed by atoms with Crippen LogP contribution in [0.1, 0.15) is 33.6 Å². The third-order valence-electron chi connectivity index (χ3n) is 2.87. The van der Waals surface area contributed by atoms with Crippen molar-refractivity contribution in [2.75, 3.05) is 20.1 Å². The summed E-state index contributed by atoms with van der Waals surface area (Å²) >= 11 is 0. The maximum atomic E-state index is 11.4. The summed E-state index contributed by atoms with van der Waals surface area (Å²) in [4.78, 5) is 24.3. The minimum atomic E-state index is -1.01. The van der Waals surface area contributed by atoms with Crippen molar-refractivity contribution in [3.05, 3.63) is 0 Å². The summed E-state index contributed by atoms with van der Waals surface area (Å²) in [5.41, 5.74) is 0. The zero-order valence-electron chi connectivity index (χ0n) is 11.7.